The van der Waals surface area contributed by atoms with Crippen LogP contribution in [0.4, 0.5) is 0 Å². The molecule has 0 aliphatic heterocycles. The average molecular weight is 251 g/mol. The van der Waals surface area contributed by atoms with Crippen molar-refractivity contribution in [2.24, 2.45) is 12.5 Å². The molecule has 0 amide bonds. The molecule has 3 unspecified atom stereocenters. The summed E-state index contributed by atoms with van der Waals surface area (Å²) in [4.78, 5) is 0. The van der Waals surface area contributed by atoms with E-state index in [1.54, 1.807) is 0 Å². The van der Waals surface area contributed by atoms with E-state index in [1.807, 2.05) is 17.9 Å². The highest BCUT2D eigenvalue weighted by molar-refractivity contribution is 5.09. The van der Waals surface area contributed by atoms with E-state index in [9.17, 15) is 0 Å². The smallest absolute Gasteiger partial charge is 0.0655 e. The highest BCUT2D eigenvalue weighted by Crippen LogP contribution is 2.43. The van der Waals surface area contributed by atoms with Gasteiger partial charge < -0.3 is 10.1 Å². The summed E-state index contributed by atoms with van der Waals surface area (Å²) in [5, 5.41) is 7.92. The standard InChI is InChI=1S/C14H25N3O/c1-6-18-13-9-12(14(13,3)4)16-10(2)11-7-8-15-17(11)5/h7-8,10,12-13,16H,6,9H2,1-5H3. The minimum atomic E-state index is 0.211. The Morgan fingerprint density at radius 2 is 2.33 bits per heavy atom. The quantitative estimate of drug-likeness (QED) is 0.872. The maximum Gasteiger partial charge on any atom is 0.0655 e. The summed E-state index contributed by atoms with van der Waals surface area (Å²) >= 11 is 0. The van der Waals surface area contributed by atoms with E-state index in [-0.39, 0.29) is 5.41 Å². The first-order valence-corrected chi connectivity index (χ1v) is 6.82. The molecule has 3 atom stereocenters. The molecule has 102 valence electrons. The normalized spacial score (nSPS) is 27.8. The van der Waals surface area contributed by atoms with Gasteiger partial charge in [-0.1, -0.05) is 13.8 Å². The maximum atomic E-state index is 5.76. The van der Waals surface area contributed by atoms with Gasteiger partial charge >= 0.3 is 0 Å². The van der Waals surface area contributed by atoms with E-state index in [0.717, 1.165) is 13.0 Å². The van der Waals surface area contributed by atoms with Gasteiger partial charge in [0.1, 0.15) is 0 Å². The SMILES string of the molecule is CCOC1CC(NC(C)c2ccnn2C)C1(C)C. The number of nitrogens with zero attached hydrogens (tertiary/aromatic N) is 2. The number of hydrogen-bond acceptors (Lipinski definition) is 3. The second-order valence-corrected chi connectivity index (χ2v) is 5.82. The molecule has 1 saturated carbocycles. The molecule has 0 radical (unpaired) electrons. The number of hydrogen-bond donors (Lipinski definition) is 1. The van der Waals surface area contributed by atoms with Crippen LogP contribution < -0.4 is 5.32 Å². The fourth-order valence-electron chi connectivity index (χ4n) is 2.85. The topological polar surface area (TPSA) is 39.1 Å². The van der Waals surface area contributed by atoms with Crippen LogP contribution in [0.15, 0.2) is 12.3 Å². The lowest BCUT2D eigenvalue weighted by molar-refractivity contribution is -0.116. The Labute approximate surface area is 110 Å². The summed E-state index contributed by atoms with van der Waals surface area (Å²) in [6, 6.07) is 2.91. The van der Waals surface area contributed by atoms with Crippen molar-refractivity contribution in [1.29, 1.82) is 0 Å². The van der Waals surface area contributed by atoms with Gasteiger partial charge in [-0.2, -0.15) is 5.10 Å². The Morgan fingerprint density at radius 1 is 1.61 bits per heavy atom. The number of rotatable bonds is 5. The predicted molar refractivity (Wildman–Crippen MR) is 72.4 cm³/mol. The number of aryl methyl sites for hydroxylation is 1. The van der Waals surface area contributed by atoms with Crippen molar-refractivity contribution in [2.75, 3.05) is 6.61 Å². The van der Waals surface area contributed by atoms with E-state index in [1.165, 1.54) is 5.69 Å². The Kier molecular flexibility index (Phi) is 3.78. The second-order valence-electron chi connectivity index (χ2n) is 5.82. The maximum absolute atomic E-state index is 5.76. The zero-order chi connectivity index (χ0) is 13.3. The fourth-order valence-corrected chi connectivity index (χ4v) is 2.85. The van der Waals surface area contributed by atoms with Gasteiger partial charge in [0.25, 0.3) is 0 Å². The summed E-state index contributed by atoms with van der Waals surface area (Å²) in [6.07, 6.45) is 3.34. The van der Waals surface area contributed by atoms with Crippen LogP contribution in [0.5, 0.6) is 0 Å². The predicted octanol–water partition coefficient (Wildman–Crippen LogP) is 2.27. The fraction of sp³-hybridized carbons (Fsp3) is 0.786. The molecular weight excluding hydrogens is 226 g/mol. The van der Waals surface area contributed by atoms with Gasteiger partial charge in [0.15, 0.2) is 0 Å². The third-order valence-corrected chi connectivity index (χ3v) is 4.30. The lowest BCUT2D eigenvalue weighted by atomic mass is 9.64. The van der Waals surface area contributed by atoms with Crippen molar-refractivity contribution in [2.45, 2.75) is 52.3 Å². The van der Waals surface area contributed by atoms with E-state index >= 15 is 0 Å². The van der Waals surface area contributed by atoms with Crippen LogP contribution in [-0.2, 0) is 11.8 Å². The van der Waals surface area contributed by atoms with Crippen molar-refractivity contribution in [1.82, 2.24) is 15.1 Å². The molecule has 4 nitrogen and oxygen atoms in total. The van der Waals surface area contributed by atoms with Crippen LogP contribution in [-0.4, -0.2) is 28.5 Å². The van der Waals surface area contributed by atoms with Gasteiger partial charge in [-0.25, -0.2) is 0 Å². The van der Waals surface area contributed by atoms with Gasteiger partial charge in [-0.3, -0.25) is 4.68 Å². The first-order chi connectivity index (χ1) is 8.46. The van der Waals surface area contributed by atoms with E-state index in [2.05, 4.69) is 44.2 Å². The van der Waals surface area contributed by atoms with Crippen molar-refractivity contribution >= 4 is 0 Å². The molecule has 1 fully saturated rings. The van der Waals surface area contributed by atoms with Crippen LogP contribution in [0.1, 0.15) is 45.9 Å². The monoisotopic (exact) mass is 251 g/mol. The molecule has 0 aromatic carbocycles. The molecule has 1 heterocycles. The van der Waals surface area contributed by atoms with Gasteiger partial charge in [0.05, 0.1) is 11.8 Å². The lowest BCUT2D eigenvalue weighted by Crippen LogP contribution is -2.61. The van der Waals surface area contributed by atoms with Crippen LogP contribution >= 0.6 is 0 Å². The molecule has 1 aliphatic carbocycles. The van der Waals surface area contributed by atoms with Crippen molar-refractivity contribution in [3.63, 3.8) is 0 Å². The van der Waals surface area contributed by atoms with Crippen molar-refractivity contribution in [3.8, 4) is 0 Å². The van der Waals surface area contributed by atoms with E-state index < -0.39 is 0 Å². The average Bonchev–Trinajstić information content (AvgIpc) is 2.74. The Morgan fingerprint density at radius 3 is 2.83 bits per heavy atom. The molecule has 1 aromatic rings. The second kappa shape index (κ2) is 5.02. The summed E-state index contributed by atoms with van der Waals surface area (Å²) in [7, 11) is 1.99. The molecule has 18 heavy (non-hydrogen) atoms. The highest BCUT2D eigenvalue weighted by atomic mass is 16.5. The minimum Gasteiger partial charge on any atom is -0.378 e. The lowest BCUT2D eigenvalue weighted by Gasteiger charge is -2.52. The first-order valence-electron chi connectivity index (χ1n) is 6.82. The van der Waals surface area contributed by atoms with Crippen LogP contribution in [0, 0.1) is 5.41 Å². The highest BCUT2D eigenvalue weighted by Gasteiger charge is 2.49. The molecule has 4 heteroatoms. The third-order valence-electron chi connectivity index (χ3n) is 4.30. The molecule has 1 aromatic heterocycles. The van der Waals surface area contributed by atoms with E-state index in [0.29, 0.717) is 18.2 Å². The summed E-state index contributed by atoms with van der Waals surface area (Å²) in [5.74, 6) is 0. The Bertz CT molecular complexity index is 399. The Hall–Kier alpha value is -0.870. The number of aromatic nitrogens is 2. The minimum absolute atomic E-state index is 0.211. The summed E-state index contributed by atoms with van der Waals surface area (Å²) < 4.78 is 7.70. The number of ether oxygens (including phenoxy) is 1. The van der Waals surface area contributed by atoms with Gasteiger partial charge in [-0.15, -0.1) is 0 Å². The van der Waals surface area contributed by atoms with Gasteiger partial charge in [0.2, 0.25) is 0 Å². The van der Waals surface area contributed by atoms with Crippen LogP contribution in [0.2, 0.25) is 0 Å². The summed E-state index contributed by atoms with van der Waals surface area (Å²) in [6.45, 7) is 9.63. The largest absolute Gasteiger partial charge is 0.378 e. The first kappa shape index (κ1) is 13.6. The zero-order valence-electron chi connectivity index (χ0n) is 12.1. The zero-order valence-corrected chi connectivity index (χ0v) is 12.1. The van der Waals surface area contributed by atoms with Gasteiger partial charge in [-0.05, 0) is 26.3 Å². The van der Waals surface area contributed by atoms with Crippen molar-refractivity contribution in [3.05, 3.63) is 18.0 Å². The molecule has 1 aliphatic rings. The molecule has 0 saturated heterocycles. The van der Waals surface area contributed by atoms with Gasteiger partial charge in [0, 0.05) is 37.4 Å². The molecule has 2 rings (SSSR count). The Balaban J connectivity index is 1.94. The van der Waals surface area contributed by atoms with Crippen LogP contribution in [0.25, 0.3) is 0 Å². The van der Waals surface area contributed by atoms with Crippen LogP contribution in [0.3, 0.4) is 0 Å². The van der Waals surface area contributed by atoms with E-state index in [4.69, 9.17) is 4.74 Å². The summed E-state index contributed by atoms with van der Waals surface area (Å²) in [5.41, 5.74) is 1.44. The third kappa shape index (κ3) is 2.31. The molecule has 0 spiro atoms. The molecular formula is C14H25N3O. The molecule has 0 bridgehead atoms. The number of nitrogens with one attached hydrogen (secondary N) is 1. The van der Waals surface area contributed by atoms with Crippen molar-refractivity contribution < 1.29 is 4.74 Å². The molecule has 1 N–H and O–H groups in total.